The van der Waals surface area contributed by atoms with Gasteiger partial charge in [-0.1, -0.05) is 35.5 Å². The van der Waals surface area contributed by atoms with Crippen molar-refractivity contribution in [2.24, 2.45) is 0 Å². The molecular weight excluding hydrogens is 390 g/mol. The second kappa shape index (κ2) is 8.10. The number of hydrogen-bond donors (Lipinski definition) is 0. The van der Waals surface area contributed by atoms with E-state index in [2.05, 4.69) is 0 Å². The fourth-order valence-corrected chi connectivity index (χ4v) is 4.12. The number of benzene rings is 2. The lowest BCUT2D eigenvalue weighted by molar-refractivity contribution is -0.117. The minimum atomic E-state index is -0.583. The molecule has 27 heavy (non-hydrogen) atoms. The summed E-state index contributed by atoms with van der Waals surface area (Å²) in [6, 6.07) is 10.2. The second-order valence-corrected chi connectivity index (χ2v) is 7.28. The van der Waals surface area contributed by atoms with Gasteiger partial charge in [0.1, 0.15) is 5.75 Å². The molecule has 2 aromatic rings. The number of nitrogens with zero attached hydrogens (tertiary/aromatic N) is 1. The van der Waals surface area contributed by atoms with Gasteiger partial charge in [-0.25, -0.2) is 4.90 Å². The molecule has 1 heterocycles. The maximum Gasteiger partial charge on any atom is 0.293 e. The lowest BCUT2D eigenvalue weighted by Gasteiger charge is -2.17. The summed E-state index contributed by atoms with van der Waals surface area (Å²) in [5.74, 6) is 1.30. The predicted octanol–water partition coefficient (Wildman–Crippen LogP) is 4.18. The molecule has 0 unspecified atom stereocenters. The number of halogens is 1. The highest BCUT2D eigenvalue weighted by Gasteiger charge is 2.41. The maximum absolute atomic E-state index is 12.9. The van der Waals surface area contributed by atoms with E-state index in [1.165, 1.54) is 21.3 Å². The predicted molar refractivity (Wildman–Crippen MR) is 106 cm³/mol. The van der Waals surface area contributed by atoms with Crippen molar-refractivity contribution < 1.29 is 23.8 Å². The summed E-state index contributed by atoms with van der Waals surface area (Å²) in [7, 11) is 4.61. The van der Waals surface area contributed by atoms with Crippen LogP contribution in [0.4, 0.5) is 10.5 Å². The maximum atomic E-state index is 12.9. The van der Waals surface area contributed by atoms with Crippen molar-refractivity contribution in [2.75, 3.05) is 26.2 Å². The summed E-state index contributed by atoms with van der Waals surface area (Å²) in [5, 5.41) is -0.581. The molecule has 2 amide bonds. The largest absolute Gasteiger partial charge is 0.496 e. The van der Waals surface area contributed by atoms with Gasteiger partial charge < -0.3 is 14.2 Å². The summed E-state index contributed by atoms with van der Waals surface area (Å²) < 4.78 is 16.0. The first-order valence-electron chi connectivity index (χ1n) is 8.08. The molecule has 0 spiro atoms. The number of carbonyl (C=O) groups is 2. The van der Waals surface area contributed by atoms with Crippen molar-refractivity contribution in [3.8, 4) is 17.2 Å². The first-order valence-corrected chi connectivity index (χ1v) is 9.34. The third-order valence-electron chi connectivity index (χ3n) is 4.21. The Bertz CT molecular complexity index is 888. The number of imide groups is 1. The zero-order chi connectivity index (χ0) is 19.6. The molecule has 1 aliphatic heterocycles. The Labute approximate surface area is 166 Å². The molecule has 1 saturated heterocycles. The zero-order valence-corrected chi connectivity index (χ0v) is 16.6. The zero-order valence-electron chi connectivity index (χ0n) is 15.0. The van der Waals surface area contributed by atoms with Gasteiger partial charge >= 0.3 is 0 Å². The molecule has 0 N–H and O–H groups in total. The average molecular weight is 408 g/mol. The van der Waals surface area contributed by atoms with E-state index >= 15 is 0 Å². The van der Waals surface area contributed by atoms with Crippen molar-refractivity contribution in [3.05, 3.63) is 47.0 Å². The Hall–Kier alpha value is -2.38. The van der Waals surface area contributed by atoms with E-state index in [4.69, 9.17) is 25.8 Å². The molecule has 0 aromatic heterocycles. The van der Waals surface area contributed by atoms with Crippen molar-refractivity contribution in [2.45, 2.75) is 11.7 Å². The molecular formula is C19H18ClNO5S. The monoisotopic (exact) mass is 407 g/mol. The van der Waals surface area contributed by atoms with Crippen LogP contribution in [0.1, 0.15) is 5.56 Å². The van der Waals surface area contributed by atoms with Crippen LogP contribution in [-0.2, 0) is 11.2 Å². The van der Waals surface area contributed by atoms with Crippen LogP contribution >= 0.6 is 23.4 Å². The van der Waals surface area contributed by atoms with Crippen LogP contribution in [0.3, 0.4) is 0 Å². The quantitative estimate of drug-likeness (QED) is 0.715. The molecule has 0 saturated carbocycles. The van der Waals surface area contributed by atoms with Gasteiger partial charge in [0, 0.05) is 6.07 Å². The summed E-state index contributed by atoms with van der Waals surface area (Å²) in [5.41, 5.74) is 1.14. The number of thioether (sulfide) groups is 1. The van der Waals surface area contributed by atoms with E-state index in [-0.39, 0.29) is 11.1 Å². The van der Waals surface area contributed by atoms with Gasteiger partial charge in [-0.3, -0.25) is 9.59 Å². The fourth-order valence-electron chi connectivity index (χ4n) is 2.89. The minimum Gasteiger partial charge on any atom is -0.496 e. The van der Waals surface area contributed by atoms with Crippen LogP contribution in [0.15, 0.2) is 36.4 Å². The number of amides is 2. The number of anilines is 1. The van der Waals surface area contributed by atoms with Crippen LogP contribution in [0.25, 0.3) is 0 Å². The third-order valence-corrected chi connectivity index (χ3v) is 5.56. The number of rotatable bonds is 6. The SMILES string of the molecule is COc1cc(OC)c(OC)cc1C[C@H]1SC(=O)N(c2ccccc2Cl)C1=O. The molecule has 1 atom stereocenters. The molecule has 6 nitrogen and oxygen atoms in total. The van der Waals surface area contributed by atoms with Gasteiger partial charge in [-0.15, -0.1) is 0 Å². The first kappa shape index (κ1) is 19.4. The molecule has 3 rings (SSSR count). The Morgan fingerprint density at radius 2 is 1.63 bits per heavy atom. The lowest BCUT2D eigenvalue weighted by Crippen LogP contribution is -2.32. The van der Waals surface area contributed by atoms with Crippen molar-refractivity contribution in [1.29, 1.82) is 0 Å². The van der Waals surface area contributed by atoms with Gasteiger partial charge in [0.15, 0.2) is 11.5 Å². The smallest absolute Gasteiger partial charge is 0.293 e. The molecule has 142 valence electrons. The number of ether oxygens (including phenoxy) is 3. The Kier molecular flexibility index (Phi) is 5.82. The van der Waals surface area contributed by atoms with Crippen LogP contribution in [-0.4, -0.2) is 37.7 Å². The number of methoxy groups -OCH3 is 3. The Balaban J connectivity index is 1.90. The lowest BCUT2D eigenvalue weighted by atomic mass is 10.1. The summed E-state index contributed by atoms with van der Waals surface area (Å²) in [6.07, 6.45) is 0.305. The molecule has 0 aliphatic carbocycles. The molecule has 2 aromatic carbocycles. The highest BCUT2D eigenvalue weighted by atomic mass is 35.5. The molecule has 1 fully saturated rings. The van der Waals surface area contributed by atoms with Crippen LogP contribution < -0.4 is 19.1 Å². The normalized spacial score (nSPS) is 16.6. The summed E-state index contributed by atoms with van der Waals surface area (Å²) in [4.78, 5) is 26.5. The van der Waals surface area contributed by atoms with Gasteiger partial charge in [0.2, 0.25) is 5.91 Å². The highest BCUT2D eigenvalue weighted by Crippen LogP contribution is 2.40. The Morgan fingerprint density at radius 3 is 2.26 bits per heavy atom. The van der Waals surface area contributed by atoms with E-state index in [9.17, 15) is 9.59 Å². The third kappa shape index (κ3) is 3.70. The minimum absolute atomic E-state index is 0.305. The van der Waals surface area contributed by atoms with Crippen molar-refractivity contribution in [1.82, 2.24) is 0 Å². The Morgan fingerprint density at radius 1 is 1.00 bits per heavy atom. The molecule has 1 aliphatic rings. The standard InChI is InChI=1S/C19H18ClNO5S/c1-24-14-10-16(26-3)15(25-2)8-11(14)9-17-18(22)21(19(23)27-17)13-7-5-4-6-12(13)20/h4-8,10,17H,9H2,1-3H3/t17-/m1/s1. The highest BCUT2D eigenvalue weighted by molar-refractivity contribution is 8.15. The van der Waals surface area contributed by atoms with Gasteiger partial charge in [0.25, 0.3) is 5.24 Å². The van der Waals surface area contributed by atoms with Crippen molar-refractivity contribution >= 4 is 40.2 Å². The number of hydrogen-bond acceptors (Lipinski definition) is 6. The van der Waals surface area contributed by atoms with Crippen molar-refractivity contribution in [3.63, 3.8) is 0 Å². The molecule has 8 heteroatoms. The van der Waals surface area contributed by atoms with Crippen LogP contribution in [0, 0.1) is 0 Å². The number of para-hydroxylation sites is 1. The average Bonchev–Trinajstić information content (AvgIpc) is 2.95. The van der Waals surface area contributed by atoms with E-state index in [1.807, 2.05) is 0 Å². The number of carbonyl (C=O) groups excluding carboxylic acids is 2. The van der Waals surface area contributed by atoms with E-state index in [0.717, 1.165) is 22.2 Å². The molecule has 0 bridgehead atoms. The van der Waals surface area contributed by atoms with Crippen LogP contribution in [0.5, 0.6) is 17.2 Å². The van der Waals surface area contributed by atoms with E-state index in [0.29, 0.717) is 34.4 Å². The molecule has 0 radical (unpaired) electrons. The summed E-state index contributed by atoms with van der Waals surface area (Å²) in [6.45, 7) is 0. The van der Waals surface area contributed by atoms with Gasteiger partial charge in [-0.05, 0) is 30.2 Å². The summed E-state index contributed by atoms with van der Waals surface area (Å²) >= 11 is 7.13. The van der Waals surface area contributed by atoms with E-state index in [1.54, 1.807) is 36.4 Å². The first-order chi connectivity index (χ1) is 13.0. The van der Waals surface area contributed by atoms with Gasteiger partial charge in [-0.2, -0.15) is 0 Å². The van der Waals surface area contributed by atoms with Gasteiger partial charge in [0.05, 0.1) is 37.3 Å². The van der Waals surface area contributed by atoms with E-state index < -0.39 is 5.25 Å². The topological polar surface area (TPSA) is 65.1 Å². The van der Waals surface area contributed by atoms with Crippen LogP contribution in [0.2, 0.25) is 5.02 Å². The fraction of sp³-hybridized carbons (Fsp3) is 0.263. The second-order valence-electron chi connectivity index (χ2n) is 5.72.